The van der Waals surface area contributed by atoms with E-state index in [4.69, 9.17) is 4.98 Å². The number of aromatic nitrogens is 7. The summed E-state index contributed by atoms with van der Waals surface area (Å²) in [5.41, 5.74) is 0.757. The van der Waals surface area contributed by atoms with Crippen LogP contribution in [0.15, 0.2) is 47.8 Å². The van der Waals surface area contributed by atoms with Crippen molar-refractivity contribution < 1.29 is 4.39 Å². The average Bonchev–Trinajstić information content (AvgIpc) is 3.39. The number of alkyl halides is 1. The summed E-state index contributed by atoms with van der Waals surface area (Å²) in [6, 6.07) is 5.65. The van der Waals surface area contributed by atoms with Crippen LogP contribution in [0.5, 0.6) is 0 Å². The van der Waals surface area contributed by atoms with Gasteiger partial charge in [-0.05, 0) is 50.8 Å². The van der Waals surface area contributed by atoms with E-state index >= 15 is 0 Å². The van der Waals surface area contributed by atoms with Crippen molar-refractivity contribution in [2.24, 2.45) is 0 Å². The molecule has 30 heavy (non-hydrogen) atoms. The Labute approximate surface area is 171 Å². The van der Waals surface area contributed by atoms with Crippen molar-refractivity contribution in [1.29, 1.82) is 0 Å². The van der Waals surface area contributed by atoms with E-state index < -0.39 is 5.67 Å². The van der Waals surface area contributed by atoms with Gasteiger partial charge in [0, 0.05) is 18.6 Å². The molecule has 4 heterocycles. The molecule has 1 fully saturated rings. The first-order valence-corrected chi connectivity index (χ1v) is 10.1. The molecule has 1 aliphatic rings. The molecule has 0 unspecified atom stereocenters. The van der Waals surface area contributed by atoms with E-state index in [1.54, 1.807) is 34.9 Å². The quantitative estimate of drug-likeness (QED) is 0.561. The van der Waals surface area contributed by atoms with Crippen molar-refractivity contribution in [3.8, 4) is 5.69 Å². The zero-order chi connectivity index (χ0) is 20.7. The van der Waals surface area contributed by atoms with Crippen LogP contribution in [-0.4, -0.2) is 40.2 Å². The van der Waals surface area contributed by atoms with Crippen LogP contribution < -0.4 is 5.56 Å². The highest BCUT2D eigenvalue weighted by molar-refractivity contribution is 5.73. The lowest BCUT2D eigenvalue weighted by Crippen LogP contribution is -2.28. The van der Waals surface area contributed by atoms with Crippen molar-refractivity contribution >= 4 is 11.0 Å². The number of hydrogen-bond acceptors (Lipinski definition) is 5. The van der Waals surface area contributed by atoms with Gasteiger partial charge in [0.05, 0.1) is 30.0 Å². The van der Waals surface area contributed by atoms with Gasteiger partial charge in [0.25, 0.3) is 5.56 Å². The van der Waals surface area contributed by atoms with Gasteiger partial charge < -0.3 is 4.98 Å². The van der Waals surface area contributed by atoms with Crippen LogP contribution in [0.3, 0.4) is 0 Å². The second-order valence-electron chi connectivity index (χ2n) is 8.08. The summed E-state index contributed by atoms with van der Waals surface area (Å²) in [6.45, 7) is 1.65. The third-order valence-electron chi connectivity index (χ3n) is 5.81. The highest BCUT2D eigenvalue weighted by atomic mass is 19.1. The van der Waals surface area contributed by atoms with E-state index in [0.29, 0.717) is 49.0 Å². The molecule has 4 aromatic heterocycles. The summed E-state index contributed by atoms with van der Waals surface area (Å²) in [5.74, 6) is 0.507. The number of fused-ring (bicyclic) bond motifs is 1. The van der Waals surface area contributed by atoms with Crippen molar-refractivity contribution in [1.82, 2.24) is 34.5 Å². The van der Waals surface area contributed by atoms with Crippen molar-refractivity contribution in [3.63, 3.8) is 0 Å². The molecule has 0 saturated heterocycles. The van der Waals surface area contributed by atoms with Gasteiger partial charge in [-0.1, -0.05) is 0 Å². The molecule has 0 aromatic carbocycles. The smallest absolute Gasteiger partial charge is 0.262 e. The van der Waals surface area contributed by atoms with Crippen molar-refractivity contribution in [2.45, 2.75) is 50.7 Å². The Morgan fingerprint density at radius 2 is 2.07 bits per heavy atom. The van der Waals surface area contributed by atoms with E-state index in [9.17, 15) is 9.18 Å². The molecule has 9 heteroatoms. The van der Waals surface area contributed by atoms with Gasteiger partial charge in [-0.25, -0.2) is 18.7 Å². The van der Waals surface area contributed by atoms with Gasteiger partial charge in [-0.2, -0.15) is 10.2 Å². The van der Waals surface area contributed by atoms with E-state index in [-0.39, 0.29) is 11.6 Å². The third kappa shape index (κ3) is 3.40. The minimum absolute atomic E-state index is 0.0444. The zero-order valence-electron chi connectivity index (χ0n) is 16.6. The van der Waals surface area contributed by atoms with Gasteiger partial charge in [0.1, 0.15) is 16.9 Å². The van der Waals surface area contributed by atoms with Crippen LogP contribution in [-0.2, 0) is 6.42 Å². The molecule has 0 bridgehead atoms. The van der Waals surface area contributed by atoms with E-state index in [1.807, 2.05) is 24.4 Å². The molecule has 1 saturated carbocycles. The Hall–Kier alpha value is -3.36. The van der Waals surface area contributed by atoms with Gasteiger partial charge in [-0.15, -0.1) is 0 Å². The number of aromatic amines is 1. The molecule has 0 atom stereocenters. The highest BCUT2D eigenvalue weighted by Crippen LogP contribution is 2.37. The van der Waals surface area contributed by atoms with E-state index in [0.717, 1.165) is 11.4 Å². The molecule has 154 valence electrons. The normalized spacial score (nSPS) is 21.9. The second kappa shape index (κ2) is 7.16. The number of H-pyrrole nitrogens is 1. The maximum absolute atomic E-state index is 14.2. The standard InChI is InChI=1S/C21H22FN7O/c1-21(22)7-5-14(6-8-21)29-19-15(13-25-29)20(30)27-18(26-19)12-16-17(4-2-9-23-16)28-11-3-10-24-28/h2-4,9-11,13-14H,5-8,12H2,1H3,(H,26,27,30). The Morgan fingerprint density at radius 1 is 1.23 bits per heavy atom. The molecular weight excluding hydrogens is 385 g/mol. The summed E-state index contributed by atoms with van der Waals surface area (Å²) in [7, 11) is 0. The number of rotatable bonds is 4. The Kier molecular flexibility index (Phi) is 4.45. The predicted molar refractivity (Wildman–Crippen MR) is 109 cm³/mol. The lowest BCUT2D eigenvalue weighted by Gasteiger charge is -2.31. The minimum Gasteiger partial charge on any atom is -0.310 e. The summed E-state index contributed by atoms with van der Waals surface area (Å²) < 4.78 is 17.7. The molecule has 1 aliphatic carbocycles. The fraction of sp³-hybridized carbons (Fsp3) is 0.381. The first-order valence-electron chi connectivity index (χ1n) is 10.1. The Balaban J connectivity index is 1.51. The molecule has 1 N–H and O–H groups in total. The summed E-state index contributed by atoms with van der Waals surface area (Å²) in [5, 5.41) is 9.14. The first kappa shape index (κ1) is 18.7. The fourth-order valence-corrected chi connectivity index (χ4v) is 4.13. The van der Waals surface area contributed by atoms with Crippen LogP contribution in [0.4, 0.5) is 4.39 Å². The lowest BCUT2D eigenvalue weighted by molar-refractivity contribution is 0.103. The fourth-order valence-electron chi connectivity index (χ4n) is 4.13. The topological polar surface area (TPSA) is 94.3 Å². The van der Waals surface area contributed by atoms with Gasteiger partial charge in [0.2, 0.25) is 0 Å². The maximum atomic E-state index is 14.2. The molecule has 5 rings (SSSR count). The summed E-state index contributed by atoms with van der Waals surface area (Å²) in [4.78, 5) is 24.7. The highest BCUT2D eigenvalue weighted by Gasteiger charge is 2.32. The minimum atomic E-state index is -1.13. The second-order valence-corrected chi connectivity index (χ2v) is 8.08. The number of pyridine rings is 1. The zero-order valence-corrected chi connectivity index (χ0v) is 16.6. The van der Waals surface area contributed by atoms with Crippen LogP contribution in [0, 0.1) is 0 Å². The number of nitrogens with one attached hydrogen (secondary N) is 1. The van der Waals surface area contributed by atoms with E-state index in [1.165, 1.54) is 0 Å². The molecule has 0 aliphatic heterocycles. The molecule has 4 aromatic rings. The van der Waals surface area contributed by atoms with E-state index in [2.05, 4.69) is 20.2 Å². The van der Waals surface area contributed by atoms with Crippen molar-refractivity contribution in [3.05, 3.63) is 64.9 Å². The average molecular weight is 407 g/mol. The van der Waals surface area contributed by atoms with Crippen LogP contribution in [0.2, 0.25) is 0 Å². The number of halogens is 1. The molecule has 0 radical (unpaired) electrons. The predicted octanol–water partition coefficient (Wildman–Crippen LogP) is 3.13. The molecule has 0 spiro atoms. The largest absolute Gasteiger partial charge is 0.310 e. The van der Waals surface area contributed by atoms with Crippen molar-refractivity contribution in [2.75, 3.05) is 0 Å². The van der Waals surface area contributed by atoms with Gasteiger partial charge in [0.15, 0.2) is 5.65 Å². The molecule has 0 amide bonds. The Bertz CT molecular complexity index is 1230. The lowest BCUT2D eigenvalue weighted by atomic mass is 9.85. The Morgan fingerprint density at radius 3 is 2.83 bits per heavy atom. The monoisotopic (exact) mass is 407 g/mol. The van der Waals surface area contributed by atoms with Gasteiger partial charge in [-0.3, -0.25) is 9.78 Å². The van der Waals surface area contributed by atoms with Gasteiger partial charge >= 0.3 is 0 Å². The molecule has 8 nitrogen and oxygen atoms in total. The summed E-state index contributed by atoms with van der Waals surface area (Å²) in [6.07, 6.45) is 9.47. The summed E-state index contributed by atoms with van der Waals surface area (Å²) >= 11 is 0. The van der Waals surface area contributed by atoms with Crippen LogP contribution in [0.25, 0.3) is 16.7 Å². The third-order valence-corrected chi connectivity index (χ3v) is 5.81. The molecular formula is C21H22FN7O. The first-order chi connectivity index (χ1) is 14.5. The number of nitrogens with zero attached hydrogens (tertiary/aromatic N) is 6. The maximum Gasteiger partial charge on any atom is 0.262 e. The SMILES string of the molecule is CC1(F)CCC(n2ncc3c(=O)[nH]c(Cc4ncccc4-n4cccn4)nc32)CC1. The van der Waals surface area contributed by atoms with Crippen LogP contribution in [0.1, 0.15) is 50.2 Å². The van der Waals surface area contributed by atoms with Crippen LogP contribution >= 0.6 is 0 Å². The number of hydrogen-bond donors (Lipinski definition) is 1.